The Bertz CT molecular complexity index is 660. The van der Waals surface area contributed by atoms with Gasteiger partial charge in [-0.05, 0) is 43.3 Å². The van der Waals surface area contributed by atoms with Crippen molar-refractivity contribution in [3.8, 4) is 5.75 Å². The van der Waals surface area contributed by atoms with Crippen molar-refractivity contribution >= 4 is 11.6 Å². The van der Waals surface area contributed by atoms with E-state index < -0.39 is 0 Å². The van der Waals surface area contributed by atoms with E-state index in [1.165, 1.54) is 0 Å². The van der Waals surface area contributed by atoms with Crippen molar-refractivity contribution in [1.82, 2.24) is 10.2 Å². The fourth-order valence-electron chi connectivity index (χ4n) is 3.04. The molecule has 1 heterocycles. The zero-order valence-electron chi connectivity index (χ0n) is 15.1. The molecule has 1 aliphatic heterocycles. The number of morpholine rings is 1. The van der Waals surface area contributed by atoms with Crippen LogP contribution in [0.1, 0.15) is 17.5 Å². The van der Waals surface area contributed by atoms with Gasteiger partial charge in [0, 0.05) is 30.2 Å². The lowest BCUT2D eigenvalue weighted by Gasteiger charge is -2.26. The topological polar surface area (TPSA) is 33.7 Å². The molecule has 0 atom stereocenters. The van der Waals surface area contributed by atoms with Crippen LogP contribution in [0.5, 0.6) is 5.75 Å². The van der Waals surface area contributed by atoms with Gasteiger partial charge in [0.25, 0.3) is 0 Å². The maximum absolute atomic E-state index is 6.17. The number of nitrogens with zero attached hydrogens (tertiary/aromatic N) is 1. The molecule has 2 aromatic carbocycles. The molecule has 26 heavy (non-hydrogen) atoms. The number of halogens is 1. The quantitative estimate of drug-likeness (QED) is 0.678. The highest BCUT2D eigenvalue weighted by atomic mass is 35.5. The van der Waals surface area contributed by atoms with Crippen molar-refractivity contribution in [3.05, 3.63) is 64.7 Å². The lowest BCUT2D eigenvalue weighted by atomic mass is 10.2. The molecule has 2 aromatic rings. The summed E-state index contributed by atoms with van der Waals surface area (Å²) in [5.41, 5.74) is 2.26. The molecule has 1 fully saturated rings. The van der Waals surface area contributed by atoms with Gasteiger partial charge in [0.05, 0.1) is 13.2 Å². The van der Waals surface area contributed by atoms with E-state index >= 15 is 0 Å². The van der Waals surface area contributed by atoms with Gasteiger partial charge in [-0.2, -0.15) is 0 Å². The molecule has 0 amide bonds. The second-order valence-electron chi connectivity index (χ2n) is 6.51. The van der Waals surface area contributed by atoms with Gasteiger partial charge in [-0.3, -0.25) is 4.90 Å². The number of hydrogen-bond acceptors (Lipinski definition) is 4. The lowest BCUT2D eigenvalue weighted by Crippen LogP contribution is -2.37. The van der Waals surface area contributed by atoms with Crippen molar-refractivity contribution in [1.29, 1.82) is 0 Å². The molecule has 1 N–H and O–H groups in total. The zero-order chi connectivity index (χ0) is 18.0. The molecular weight excluding hydrogens is 348 g/mol. The molecule has 0 saturated carbocycles. The van der Waals surface area contributed by atoms with Gasteiger partial charge in [-0.25, -0.2) is 0 Å². The third kappa shape index (κ3) is 6.29. The van der Waals surface area contributed by atoms with E-state index in [9.17, 15) is 0 Å². The van der Waals surface area contributed by atoms with E-state index in [0.717, 1.165) is 74.3 Å². The zero-order valence-corrected chi connectivity index (χ0v) is 15.9. The Morgan fingerprint density at radius 2 is 1.88 bits per heavy atom. The van der Waals surface area contributed by atoms with Crippen LogP contribution >= 0.6 is 11.6 Å². The van der Waals surface area contributed by atoms with Crippen LogP contribution in [0.3, 0.4) is 0 Å². The second-order valence-corrected chi connectivity index (χ2v) is 6.95. The van der Waals surface area contributed by atoms with E-state index in [4.69, 9.17) is 21.1 Å². The van der Waals surface area contributed by atoms with E-state index in [1.54, 1.807) is 0 Å². The monoisotopic (exact) mass is 374 g/mol. The van der Waals surface area contributed by atoms with Crippen LogP contribution in [-0.2, 0) is 17.9 Å². The molecule has 0 aromatic heterocycles. The molecule has 0 unspecified atom stereocenters. The predicted molar refractivity (Wildman–Crippen MR) is 106 cm³/mol. The Morgan fingerprint density at radius 3 is 2.69 bits per heavy atom. The molecule has 4 nitrogen and oxygen atoms in total. The Balaban J connectivity index is 1.44. The summed E-state index contributed by atoms with van der Waals surface area (Å²) < 4.78 is 11.4. The highest BCUT2D eigenvalue weighted by Gasteiger charge is 2.09. The molecule has 0 bridgehead atoms. The fraction of sp³-hybridized carbons (Fsp3) is 0.429. The number of hydrogen-bond donors (Lipinski definition) is 1. The van der Waals surface area contributed by atoms with Gasteiger partial charge >= 0.3 is 0 Å². The van der Waals surface area contributed by atoms with Gasteiger partial charge < -0.3 is 14.8 Å². The van der Waals surface area contributed by atoms with Gasteiger partial charge in [0.2, 0.25) is 0 Å². The minimum Gasteiger partial charge on any atom is -0.489 e. The van der Waals surface area contributed by atoms with Gasteiger partial charge in [0.15, 0.2) is 0 Å². The van der Waals surface area contributed by atoms with Crippen molar-refractivity contribution in [2.45, 2.75) is 19.6 Å². The average molecular weight is 375 g/mol. The summed E-state index contributed by atoms with van der Waals surface area (Å²) in [4.78, 5) is 2.46. The highest BCUT2D eigenvalue weighted by molar-refractivity contribution is 6.30. The largest absolute Gasteiger partial charge is 0.489 e. The fourth-order valence-corrected chi connectivity index (χ4v) is 3.23. The Hall–Kier alpha value is -1.59. The summed E-state index contributed by atoms with van der Waals surface area (Å²) in [6.45, 7) is 7.22. The molecule has 3 rings (SSSR count). The summed E-state index contributed by atoms with van der Waals surface area (Å²) in [5, 5.41) is 4.25. The second kappa shape index (κ2) is 10.5. The first-order chi connectivity index (χ1) is 12.8. The Morgan fingerprint density at radius 1 is 1.08 bits per heavy atom. The van der Waals surface area contributed by atoms with Crippen LogP contribution < -0.4 is 10.1 Å². The Labute approximate surface area is 161 Å². The minimum atomic E-state index is 0.562. The predicted octanol–water partition coefficient (Wildman–Crippen LogP) is 3.73. The first-order valence-electron chi connectivity index (χ1n) is 9.27. The van der Waals surface area contributed by atoms with Crippen molar-refractivity contribution in [3.63, 3.8) is 0 Å². The van der Waals surface area contributed by atoms with Gasteiger partial charge in [-0.1, -0.05) is 41.9 Å². The maximum Gasteiger partial charge on any atom is 0.124 e. The molecule has 5 heteroatoms. The number of rotatable bonds is 9. The normalized spacial score (nSPS) is 15.1. The van der Waals surface area contributed by atoms with Crippen molar-refractivity contribution in [2.24, 2.45) is 0 Å². The van der Waals surface area contributed by atoms with E-state index in [2.05, 4.69) is 22.3 Å². The van der Waals surface area contributed by atoms with Gasteiger partial charge in [0.1, 0.15) is 12.4 Å². The third-order valence-corrected chi connectivity index (χ3v) is 4.74. The standard InChI is InChI=1S/C21H27ClN2O2/c22-20-7-8-21(26-17-18-5-2-1-3-6-18)19(15-20)16-23-9-4-10-24-11-13-25-14-12-24/h1-3,5-8,15,23H,4,9-14,16-17H2. The molecular formula is C21H27ClN2O2. The van der Waals surface area contributed by atoms with E-state index in [1.807, 2.05) is 36.4 Å². The lowest BCUT2D eigenvalue weighted by molar-refractivity contribution is 0.0374. The summed E-state index contributed by atoms with van der Waals surface area (Å²) in [6.07, 6.45) is 1.13. The Kier molecular flexibility index (Phi) is 7.77. The van der Waals surface area contributed by atoms with E-state index in [-0.39, 0.29) is 0 Å². The first-order valence-corrected chi connectivity index (χ1v) is 9.65. The maximum atomic E-state index is 6.17. The number of benzene rings is 2. The molecule has 0 aliphatic carbocycles. The highest BCUT2D eigenvalue weighted by Crippen LogP contribution is 2.24. The van der Waals surface area contributed by atoms with Crippen LogP contribution in [0, 0.1) is 0 Å². The van der Waals surface area contributed by atoms with Crippen LogP contribution in [0.2, 0.25) is 5.02 Å². The van der Waals surface area contributed by atoms with E-state index in [0.29, 0.717) is 6.61 Å². The number of ether oxygens (including phenoxy) is 2. The van der Waals surface area contributed by atoms with Crippen molar-refractivity contribution in [2.75, 3.05) is 39.4 Å². The van der Waals surface area contributed by atoms with Crippen molar-refractivity contribution < 1.29 is 9.47 Å². The smallest absolute Gasteiger partial charge is 0.124 e. The van der Waals surface area contributed by atoms with Crippen LogP contribution in [-0.4, -0.2) is 44.3 Å². The summed E-state index contributed by atoms with van der Waals surface area (Å²) in [6, 6.07) is 16.0. The first kappa shape index (κ1) is 19.2. The molecule has 0 spiro atoms. The van der Waals surface area contributed by atoms with Crippen LogP contribution in [0.4, 0.5) is 0 Å². The van der Waals surface area contributed by atoms with Crippen LogP contribution in [0.25, 0.3) is 0 Å². The third-order valence-electron chi connectivity index (χ3n) is 4.51. The molecule has 1 saturated heterocycles. The minimum absolute atomic E-state index is 0.562. The number of nitrogens with one attached hydrogen (secondary N) is 1. The summed E-state index contributed by atoms with van der Waals surface area (Å²) in [7, 11) is 0. The molecule has 140 valence electrons. The van der Waals surface area contributed by atoms with Crippen LogP contribution in [0.15, 0.2) is 48.5 Å². The SMILES string of the molecule is Clc1ccc(OCc2ccccc2)c(CNCCCN2CCOCC2)c1. The molecule has 1 aliphatic rings. The average Bonchev–Trinajstić information content (AvgIpc) is 2.69. The summed E-state index contributed by atoms with van der Waals surface area (Å²) in [5.74, 6) is 0.888. The summed E-state index contributed by atoms with van der Waals surface area (Å²) >= 11 is 6.17. The molecule has 0 radical (unpaired) electrons. The van der Waals surface area contributed by atoms with Gasteiger partial charge in [-0.15, -0.1) is 0 Å².